The number of aliphatic hydroxyl groups is 3. The Hall–Kier alpha value is -0.520. The summed E-state index contributed by atoms with van der Waals surface area (Å²) in [6.07, 6.45) is 0.577. The van der Waals surface area contributed by atoms with Crippen molar-refractivity contribution in [3.8, 4) is 0 Å². The van der Waals surface area contributed by atoms with E-state index in [0.29, 0.717) is 6.42 Å². The first-order valence-electron chi connectivity index (χ1n) is 5.90. The molecule has 0 heterocycles. The third-order valence-corrected chi connectivity index (χ3v) is 2.03. The summed E-state index contributed by atoms with van der Waals surface area (Å²) in [4.78, 5) is 0. The molecule has 5 nitrogen and oxygen atoms in total. The maximum atomic E-state index is 9.91. The Morgan fingerprint density at radius 1 is 0.941 bits per heavy atom. The molecule has 0 radical (unpaired) electrons. The second-order valence-corrected chi connectivity index (χ2v) is 6.29. The maximum Gasteiger partial charge on any atom is 0.175 e. The summed E-state index contributed by atoms with van der Waals surface area (Å²) in [6, 6.07) is -0.178. The number of nitrogens with zero attached hydrogens (tertiary/aromatic N) is 2. The van der Waals surface area contributed by atoms with Gasteiger partial charge in [0.15, 0.2) is 5.72 Å². The minimum atomic E-state index is -1.38. The number of hydrogen-bond donors (Lipinski definition) is 3. The lowest BCUT2D eigenvalue weighted by Crippen LogP contribution is -2.33. The van der Waals surface area contributed by atoms with Gasteiger partial charge in [-0.25, -0.2) is 0 Å². The van der Waals surface area contributed by atoms with E-state index in [0.717, 1.165) is 0 Å². The highest BCUT2D eigenvalue weighted by molar-refractivity contribution is 4.79. The van der Waals surface area contributed by atoms with Crippen LogP contribution >= 0.6 is 0 Å². The first-order chi connectivity index (χ1) is 7.31. The Kier molecular flexibility index (Phi) is 5.25. The Labute approximate surface area is 104 Å². The minimum Gasteiger partial charge on any atom is -0.390 e. The molecule has 0 aliphatic heterocycles. The first kappa shape index (κ1) is 16.5. The van der Waals surface area contributed by atoms with Gasteiger partial charge in [0.05, 0.1) is 17.2 Å². The Morgan fingerprint density at radius 3 is 1.76 bits per heavy atom. The molecular weight excluding hydrogens is 220 g/mol. The number of azo groups is 1. The highest BCUT2D eigenvalue weighted by Gasteiger charge is 2.29. The third-order valence-electron chi connectivity index (χ3n) is 2.03. The number of hydrogen-bond acceptors (Lipinski definition) is 5. The van der Waals surface area contributed by atoms with E-state index in [-0.39, 0.29) is 12.5 Å². The van der Waals surface area contributed by atoms with Gasteiger partial charge in [-0.2, -0.15) is 10.2 Å². The molecule has 0 aliphatic carbocycles. The van der Waals surface area contributed by atoms with E-state index >= 15 is 0 Å². The molecule has 0 aliphatic rings. The standard InChI is InChI=1S/C12H26N2O3/c1-9(7-10(2,3)15)13-14-12(6,17)8-11(4,5)16/h9,15-17H,7-8H2,1-6H3/b14-13+. The third kappa shape index (κ3) is 10.4. The molecule has 3 N–H and O–H groups in total. The molecule has 0 aromatic carbocycles. The van der Waals surface area contributed by atoms with E-state index in [4.69, 9.17) is 0 Å². The van der Waals surface area contributed by atoms with Crippen molar-refractivity contribution in [2.24, 2.45) is 10.2 Å². The summed E-state index contributed by atoms with van der Waals surface area (Å²) in [5, 5.41) is 36.9. The van der Waals surface area contributed by atoms with Crippen molar-refractivity contribution < 1.29 is 15.3 Å². The molecule has 0 fully saturated rings. The highest BCUT2D eigenvalue weighted by atomic mass is 16.3. The fourth-order valence-electron chi connectivity index (χ4n) is 1.84. The van der Waals surface area contributed by atoms with Gasteiger partial charge in [-0.05, 0) is 48.0 Å². The predicted octanol–water partition coefficient (Wildman–Crippen LogP) is 1.86. The van der Waals surface area contributed by atoms with Gasteiger partial charge >= 0.3 is 0 Å². The van der Waals surface area contributed by atoms with Crippen LogP contribution in [0, 0.1) is 0 Å². The molecule has 2 unspecified atom stereocenters. The summed E-state index contributed by atoms with van der Waals surface area (Å²) < 4.78 is 0. The number of rotatable bonds is 6. The van der Waals surface area contributed by atoms with Gasteiger partial charge in [-0.15, -0.1) is 0 Å². The lowest BCUT2D eigenvalue weighted by molar-refractivity contribution is -0.0354. The Balaban J connectivity index is 4.40. The minimum absolute atomic E-state index is 0.110. The van der Waals surface area contributed by atoms with Gasteiger partial charge in [-0.3, -0.25) is 0 Å². The first-order valence-corrected chi connectivity index (χ1v) is 5.90. The van der Waals surface area contributed by atoms with E-state index in [2.05, 4.69) is 10.2 Å². The molecular formula is C12H26N2O3. The SMILES string of the molecule is CC(CC(C)(C)O)/N=N/C(C)(O)CC(C)(C)O. The van der Waals surface area contributed by atoms with Crippen LogP contribution in [-0.4, -0.2) is 38.3 Å². The zero-order chi connectivity index (χ0) is 13.9. The molecule has 5 heteroatoms. The van der Waals surface area contributed by atoms with Crippen molar-refractivity contribution in [2.75, 3.05) is 0 Å². The van der Waals surface area contributed by atoms with Crippen LogP contribution < -0.4 is 0 Å². The summed E-state index contributed by atoms with van der Waals surface area (Å²) in [6.45, 7) is 9.95. The van der Waals surface area contributed by atoms with Crippen LogP contribution in [0.3, 0.4) is 0 Å². The van der Waals surface area contributed by atoms with Gasteiger partial charge in [0, 0.05) is 6.42 Å². The van der Waals surface area contributed by atoms with Crippen molar-refractivity contribution in [3.05, 3.63) is 0 Å². The summed E-state index contributed by atoms with van der Waals surface area (Å²) >= 11 is 0. The average Bonchev–Trinajstić information content (AvgIpc) is 1.92. The molecule has 0 rings (SSSR count). The fraction of sp³-hybridized carbons (Fsp3) is 1.00. The second-order valence-electron chi connectivity index (χ2n) is 6.29. The zero-order valence-electron chi connectivity index (χ0n) is 11.7. The molecule has 0 aromatic heterocycles. The summed E-state index contributed by atoms with van der Waals surface area (Å²) in [5.74, 6) is 0. The van der Waals surface area contributed by atoms with Gasteiger partial charge in [0.25, 0.3) is 0 Å². The summed E-state index contributed by atoms with van der Waals surface area (Å²) in [7, 11) is 0. The van der Waals surface area contributed by atoms with E-state index in [1.807, 2.05) is 6.92 Å². The summed E-state index contributed by atoms with van der Waals surface area (Å²) in [5.41, 5.74) is -3.19. The van der Waals surface area contributed by atoms with Crippen molar-refractivity contribution in [2.45, 2.75) is 77.4 Å². The van der Waals surface area contributed by atoms with Crippen LogP contribution in [0.1, 0.15) is 54.4 Å². The molecule has 102 valence electrons. The van der Waals surface area contributed by atoms with E-state index < -0.39 is 16.9 Å². The molecule has 0 aromatic rings. The Morgan fingerprint density at radius 2 is 1.41 bits per heavy atom. The van der Waals surface area contributed by atoms with Gasteiger partial charge in [0.1, 0.15) is 0 Å². The van der Waals surface area contributed by atoms with Crippen molar-refractivity contribution in [3.63, 3.8) is 0 Å². The highest BCUT2D eigenvalue weighted by Crippen LogP contribution is 2.22. The van der Waals surface area contributed by atoms with Crippen LogP contribution in [0.15, 0.2) is 10.2 Å². The Bertz CT molecular complexity index is 262. The molecule has 0 saturated heterocycles. The zero-order valence-corrected chi connectivity index (χ0v) is 11.7. The van der Waals surface area contributed by atoms with Crippen molar-refractivity contribution in [1.82, 2.24) is 0 Å². The van der Waals surface area contributed by atoms with E-state index in [1.54, 1.807) is 27.7 Å². The average molecular weight is 246 g/mol. The molecule has 0 amide bonds. The van der Waals surface area contributed by atoms with Crippen LogP contribution in [-0.2, 0) is 0 Å². The lowest BCUT2D eigenvalue weighted by Gasteiger charge is -2.26. The monoisotopic (exact) mass is 246 g/mol. The van der Waals surface area contributed by atoms with Gasteiger partial charge in [-0.1, -0.05) is 0 Å². The maximum absolute atomic E-state index is 9.91. The van der Waals surface area contributed by atoms with Crippen LogP contribution in [0.4, 0.5) is 0 Å². The smallest absolute Gasteiger partial charge is 0.175 e. The van der Waals surface area contributed by atoms with Crippen LogP contribution in [0.2, 0.25) is 0 Å². The normalized spacial score (nSPS) is 19.4. The van der Waals surface area contributed by atoms with Gasteiger partial charge < -0.3 is 15.3 Å². The quantitative estimate of drug-likeness (QED) is 0.625. The lowest BCUT2D eigenvalue weighted by atomic mass is 9.98. The van der Waals surface area contributed by atoms with Crippen molar-refractivity contribution in [1.29, 1.82) is 0 Å². The largest absolute Gasteiger partial charge is 0.390 e. The van der Waals surface area contributed by atoms with E-state index in [9.17, 15) is 15.3 Å². The topological polar surface area (TPSA) is 85.4 Å². The molecule has 0 spiro atoms. The molecule has 0 bridgehead atoms. The van der Waals surface area contributed by atoms with E-state index in [1.165, 1.54) is 6.92 Å². The molecule has 0 saturated carbocycles. The van der Waals surface area contributed by atoms with Crippen molar-refractivity contribution >= 4 is 0 Å². The van der Waals surface area contributed by atoms with Gasteiger partial charge in [0.2, 0.25) is 0 Å². The second kappa shape index (κ2) is 5.42. The molecule has 2 atom stereocenters. The van der Waals surface area contributed by atoms with Crippen LogP contribution in [0.5, 0.6) is 0 Å². The van der Waals surface area contributed by atoms with Crippen LogP contribution in [0.25, 0.3) is 0 Å². The molecule has 17 heavy (non-hydrogen) atoms. The fourth-order valence-corrected chi connectivity index (χ4v) is 1.84. The predicted molar refractivity (Wildman–Crippen MR) is 66.8 cm³/mol.